The summed E-state index contributed by atoms with van der Waals surface area (Å²) in [5, 5.41) is 4.58. The molecule has 0 aliphatic carbocycles. The lowest BCUT2D eigenvalue weighted by molar-refractivity contribution is 0.511. The lowest BCUT2D eigenvalue weighted by Gasteiger charge is -2.14. The van der Waals surface area contributed by atoms with Crippen LogP contribution in [0.2, 0.25) is 0 Å². The van der Waals surface area contributed by atoms with E-state index in [1.807, 2.05) is 13.1 Å². The third-order valence-corrected chi connectivity index (χ3v) is 2.74. The number of rotatable bonds is 3. The number of nitrogens with one attached hydrogen (secondary N) is 1. The van der Waals surface area contributed by atoms with Crippen LogP contribution >= 0.6 is 11.3 Å². The zero-order chi connectivity index (χ0) is 9.14. The van der Waals surface area contributed by atoms with E-state index >= 15 is 0 Å². The van der Waals surface area contributed by atoms with Gasteiger partial charge < -0.3 is 5.32 Å². The third kappa shape index (κ3) is 2.57. The number of aromatic nitrogens is 1. The van der Waals surface area contributed by atoms with Crippen LogP contribution in [-0.2, 0) is 0 Å². The molecule has 0 bridgehead atoms. The number of nitrogens with zero attached hydrogens (tertiary/aromatic N) is 1. The SMILES string of the molecule is Cc1ncc(C(C)NC(C)C)s1. The van der Waals surface area contributed by atoms with Gasteiger partial charge in [-0.05, 0) is 13.8 Å². The van der Waals surface area contributed by atoms with E-state index in [2.05, 4.69) is 31.1 Å². The van der Waals surface area contributed by atoms with Gasteiger partial charge in [0.05, 0.1) is 5.01 Å². The fraction of sp³-hybridized carbons (Fsp3) is 0.667. The average molecular weight is 184 g/mol. The molecule has 0 aliphatic heterocycles. The predicted molar refractivity (Wildman–Crippen MR) is 53.5 cm³/mol. The zero-order valence-electron chi connectivity index (χ0n) is 8.09. The predicted octanol–water partition coefficient (Wildman–Crippen LogP) is 2.51. The van der Waals surface area contributed by atoms with Gasteiger partial charge >= 0.3 is 0 Å². The van der Waals surface area contributed by atoms with Crippen LogP contribution in [0.15, 0.2) is 6.20 Å². The molecule has 68 valence electrons. The van der Waals surface area contributed by atoms with E-state index in [1.165, 1.54) is 4.88 Å². The second-order valence-electron chi connectivity index (χ2n) is 3.32. The van der Waals surface area contributed by atoms with Crippen molar-refractivity contribution in [3.63, 3.8) is 0 Å². The van der Waals surface area contributed by atoms with Gasteiger partial charge in [-0.15, -0.1) is 11.3 Å². The molecule has 0 fully saturated rings. The fourth-order valence-corrected chi connectivity index (χ4v) is 1.96. The Balaban J connectivity index is 2.58. The molecule has 1 rings (SSSR count). The second-order valence-corrected chi connectivity index (χ2v) is 4.59. The van der Waals surface area contributed by atoms with Crippen LogP contribution in [0, 0.1) is 6.92 Å². The van der Waals surface area contributed by atoms with E-state index in [0.717, 1.165) is 5.01 Å². The molecule has 2 nitrogen and oxygen atoms in total. The number of thiazole rings is 1. The highest BCUT2D eigenvalue weighted by Crippen LogP contribution is 2.19. The van der Waals surface area contributed by atoms with Gasteiger partial charge in [-0.1, -0.05) is 13.8 Å². The fourth-order valence-electron chi connectivity index (χ4n) is 1.16. The first-order chi connectivity index (χ1) is 5.59. The smallest absolute Gasteiger partial charge is 0.0897 e. The number of hydrogen-bond donors (Lipinski definition) is 1. The first kappa shape index (κ1) is 9.68. The summed E-state index contributed by atoms with van der Waals surface area (Å²) >= 11 is 1.76. The highest BCUT2D eigenvalue weighted by molar-refractivity contribution is 7.11. The van der Waals surface area contributed by atoms with Gasteiger partial charge in [0.15, 0.2) is 0 Å². The highest BCUT2D eigenvalue weighted by Gasteiger charge is 2.08. The minimum absolute atomic E-state index is 0.427. The number of aryl methyl sites for hydroxylation is 1. The largest absolute Gasteiger partial charge is 0.307 e. The molecule has 0 amide bonds. The summed E-state index contributed by atoms with van der Waals surface area (Å²) in [5.74, 6) is 0. The molecular formula is C9H16N2S. The summed E-state index contributed by atoms with van der Waals surface area (Å²) in [6, 6.07) is 0.957. The molecule has 1 aromatic rings. The summed E-state index contributed by atoms with van der Waals surface area (Å²) in [5.41, 5.74) is 0. The lowest BCUT2D eigenvalue weighted by atomic mass is 10.2. The second kappa shape index (κ2) is 4.01. The van der Waals surface area contributed by atoms with Gasteiger partial charge in [-0.3, -0.25) is 0 Å². The molecule has 3 heteroatoms. The summed E-state index contributed by atoms with van der Waals surface area (Å²) in [6.07, 6.45) is 1.96. The molecule has 0 aromatic carbocycles. The van der Waals surface area contributed by atoms with Gasteiger partial charge in [0.2, 0.25) is 0 Å². The van der Waals surface area contributed by atoms with Crippen LogP contribution in [0.25, 0.3) is 0 Å². The van der Waals surface area contributed by atoms with Crippen molar-refractivity contribution in [1.29, 1.82) is 0 Å². The van der Waals surface area contributed by atoms with Gasteiger partial charge in [0.25, 0.3) is 0 Å². The molecule has 12 heavy (non-hydrogen) atoms. The topological polar surface area (TPSA) is 24.9 Å². The van der Waals surface area contributed by atoms with E-state index in [4.69, 9.17) is 0 Å². The van der Waals surface area contributed by atoms with Crippen molar-refractivity contribution in [2.24, 2.45) is 0 Å². The normalized spacial score (nSPS) is 13.8. The van der Waals surface area contributed by atoms with Crippen LogP contribution in [-0.4, -0.2) is 11.0 Å². The maximum absolute atomic E-state index is 4.22. The molecular weight excluding hydrogens is 168 g/mol. The number of hydrogen-bond acceptors (Lipinski definition) is 3. The third-order valence-electron chi connectivity index (χ3n) is 1.65. The van der Waals surface area contributed by atoms with E-state index in [0.29, 0.717) is 12.1 Å². The maximum Gasteiger partial charge on any atom is 0.0897 e. The molecule has 1 atom stereocenters. The van der Waals surface area contributed by atoms with E-state index in [1.54, 1.807) is 11.3 Å². The Labute approximate surface area is 78.0 Å². The van der Waals surface area contributed by atoms with Gasteiger partial charge in [-0.25, -0.2) is 4.98 Å². The summed E-state index contributed by atoms with van der Waals surface area (Å²) in [6.45, 7) is 8.53. The zero-order valence-corrected chi connectivity index (χ0v) is 8.90. The Kier molecular flexibility index (Phi) is 3.23. The monoisotopic (exact) mass is 184 g/mol. The van der Waals surface area contributed by atoms with Crippen LogP contribution in [0.3, 0.4) is 0 Å². The molecule has 1 heterocycles. The van der Waals surface area contributed by atoms with Crippen molar-refractivity contribution in [2.75, 3.05) is 0 Å². The van der Waals surface area contributed by atoms with E-state index in [9.17, 15) is 0 Å². The molecule has 0 radical (unpaired) electrons. The summed E-state index contributed by atoms with van der Waals surface area (Å²) < 4.78 is 0. The quantitative estimate of drug-likeness (QED) is 0.780. The summed E-state index contributed by atoms with van der Waals surface area (Å²) in [4.78, 5) is 5.54. The minimum atomic E-state index is 0.427. The molecule has 0 aliphatic rings. The first-order valence-electron chi connectivity index (χ1n) is 4.28. The van der Waals surface area contributed by atoms with Gasteiger partial charge in [-0.2, -0.15) is 0 Å². The molecule has 1 N–H and O–H groups in total. The van der Waals surface area contributed by atoms with Crippen molar-refractivity contribution in [2.45, 2.75) is 39.8 Å². The molecule has 1 aromatic heterocycles. The average Bonchev–Trinajstić information content (AvgIpc) is 2.34. The van der Waals surface area contributed by atoms with Crippen LogP contribution in [0.4, 0.5) is 0 Å². The molecule has 1 unspecified atom stereocenters. The Bertz CT molecular complexity index is 242. The Morgan fingerprint density at radius 2 is 2.08 bits per heavy atom. The van der Waals surface area contributed by atoms with E-state index in [-0.39, 0.29) is 0 Å². The van der Waals surface area contributed by atoms with Crippen molar-refractivity contribution in [3.05, 3.63) is 16.1 Å². The minimum Gasteiger partial charge on any atom is -0.307 e. The van der Waals surface area contributed by atoms with Crippen LogP contribution in [0.1, 0.15) is 36.7 Å². The Morgan fingerprint density at radius 3 is 2.50 bits per heavy atom. The van der Waals surface area contributed by atoms with Crippen LogP contribution in [0.5, 0.6) is 0 Å². The van der Waals surface area contributed by atoms with Crippen molar-refractivity contribution in [3.8, 4) is 0 Å². The van der Waals surface area contributed by atoms with Crippen molar-refractivity contribution < 1.29 is 0 Å². The standard InChI is InChI=1S/C9H16N2S/c1-6(2)11-7(3)9-5-10-8(4)12-9/h5-7,11H,1-4H3. The summed E-state index contributed by atoms with van der Waals surface area (Å²) in [7, 11) is 0. The maximum atomic E-state index is 4.22. The molecule has 0 spiro atoms. The van der Waals surface area contributed by atoms with Crippen molar-refractivity contribution >= 4 is 11.3 Å². The Hall–Kier alpha value is -0.410. The molecule has 0 saturated carbocycles. The molecule has 0 saturated heterocycles. The lowest BCUT2D eigenvalue weighted by Crippen LogP contribution is -2.25. The highest BCUT2D eigenvalue weighted by atomic mass is 32.1. The van der Waals surface area contributed by atoms with E-state index < -0.39 is 0 Å². The van der Waals surface area contributed by atoms with Gasteiger partial charge in [0.1, 0.15) is 0 Å². The van der Waals surface area contributed by atoms with Gasteiger partial charge in [0, 0.05) is 23.2 Å². The Morgan fingerprint density at radius 1 is 1.42 bits per heavy atom. The van der Waals surface area contributed by atoms with Crippen LogP contribution < -0.4 is 5.32 Å². The van der Waals surface area contributed by atoms with Crippen molar-refractivity contribution in [1.82, 2.24) is 10.3 Å². The first-order valence-corrected chi connectivity index (χ1v) is 5.09.